The van der Waals surface area contributed by atoms with Gasteiger partial charge in [-0.3, -0.25) is 14.5 Å². The Hall–Kier alpha value is -0.900. The Morgan fingerprint density at radius 3 is 2.06 bits per heavy atom. The van der Waals surface area contributed by atoms with E-state index in [1.807, 2.05) is 0 Å². The quantitative estimate of drug-likeness (QED) is 0.692. The van der Waals surface area contributed by atoms with Gasteiger partial charge < -0.3 is 5.73 Å². The fourth-order valence-corrected chi connectivity index (χ4v) is 3.31. The van der Waals surface area contributed by atoms with Gasteiger partial charge in [0.05, 0.1) is 17.9 Å². The summed E-state index contributed by atoms with van der Waals surface area (Å²) in [4.78, 5) is 25.7. The third-order valence-corrected chi connectivity index (χ3v) is 4.48. The summed E-state index contributed by atoms with van der Waals surface area (Å²) < 4.78 is 0. The number of likely N-dealkylation sites (tertiary alicyclic amines) is 1. The van der Waals surface area contributed by atoms with Crippen molar-refractivity contribution in [2.24, 2.45) is 23.5 Å². The van der Waals surface area contributed by atoms with Crippen LogP contribution in [-0.2, 0) is 9.59 Å². The maximum absolute atomic E-state index is 12.1. The molecule has 1 aliphatic heterocycles. The fourth-order valence-electron chi connectivity index (χ4n) is 3.31. The van der Waals surface area contributed by atoms with Gasteiger partial charge in [-0.2, -0.15) is 0 Å². The Morgan fingerprint density at radius 2 is 1.69 bits per heavy atom. The number of nitrogens with two attached hydrogens (primary N) is 1. The lowest BCUT2D eigenvalue weighted by Crippen LogP contribution is -2.37. The van der Waals surface area contributed by atoms with E-state index in [0.717, 1.165) is 25.7 Å². The molecule has 0 aromatic heterocycles. The highest BCUT2D eigenvalue weighted by Gasteiger charge is 2.57. The molecule has 1 saturated heterocycles. The van der Waals surface area contributed by atoms with Crippen LogP contribution in [0.4, 0.5) is 0 Å². The van der Waals surface area contributed by atoms with Gasteiger partial charge in [0, 0.05) is 6.04 Å². The molecule has 3 fully saturated rings. The first-order valence-electron chi connectivity index (χ1n) is 6.26. The molecule has 4 unspecified atom stereocenters. The molecule has 16 heavy (non-hydrogen) atoms. The molecule has 0 aromatic rings. The van der Waals surface area contributed by atoms with Crippen molar-refractivity contribution >= 4 is 11.8 Å². The van der Waals surface area contributed by atoms with E-state index in [4.69, 9.17) is 5.73 Å². The number of carbonyl (C=O) groups is 2. The summed E-state index contributed by atoms with van der Waals surface area (Å²) in [5.74, 6) is 0.640. The zero-order valence-corrected chi connectivity index (χ0v) is 9.56. The van der Waals surface area contributed by atoms with Gasteiger partial charge in [-0.15, -0.1) is 0 Å². The van der Waals surface area contributed by atoms with Crippen molar-refractivity contribution in [3.05, 3.63) is 0 Å². The lowest BCUT2D eigenvalue weighted by molar-refractivity contribution is -0.141. The zero-order chi connectivity index (χ0) is 11.4. The number of nitrogens with zero attached hydrogens (tertiary/aromatic N) is 1. The molecule has 2 amide bonds. The molecular weight excluding hydrogens is 204 g/mol. The van der Waals surface area contributed by atoms with E-state index in [9.17, 15) is 9.59 Å². The van der Waals surface area contributed by atoms with Crippen LogP contribution in [-0.4, -0.2) is 28.8 Å². The summed E-state index contributed by atoms with van der Waals surface area (Å²) in [5.41, 5.74) is 5.73. The number of amides is 2. The first-order chi connectivity index (χ1) is 7.63. The summed E-state index contributed by atoms with van der Waals surface area (Å²) in [5, 5.41) is 0. The molecule has 88 valence electrons. The summed E-state index contributed by atoms with van der Waals surface area (Å²) in [6.07, 6.45) is 3.69. The van der Waals surface area contributed by atoms with Crippen molar-refractivity contribution < 1.29 is 9.59 Å². The highest BCUT2D eigenvalue weighted by Crippen LogP contribution is 2.46. The van der Waals surface area contributed by atoms with Crippen LogP contribution in [0.15, 0.2) is 0 Å². The molecular formula is C12H18N2O2. The minimum Gasteiger partial charge on any atom is -0.326 e. The summed E-state index contributed by atoms with van der Waals surface area (Å²) >= 11 is 0. The molecule has 0 bridgehead atoms. The number of hydrogen-bond donors (Lipinski definition) is 1. The van der Waals surface area contributed by atoms with E-state index in [1.54, 1.807) is 0 Å². The van der Waals surface area contributed by atoms with E-state index >= 15 is 0 Å². The van der Waals surface area contributed by atoms with Crippen molar-refractivity contribution in [3.63, 3.8) is 0 Å². The maximum Gasteiger partial charge on any atom is 0.233 e. The first-order valence-corrected chi connectivity index (χ1v) is 6.26. The van der Waals surface area contributed by atoms with E-state index in [0.29, 0.717) is 5.92 Å². The van der Waals surface area contributed by atoms with Crippen LogP contribution in [0.1, 0.15) is 32.6 Å². The monoisotopic (exact) mass is 222 g/mol. The van der Waals surface area contributed by atoms with Crippen molar-refractivity contribution in [3.8, 4) is 0 Å². The highest BCUT2D eigenvalue weighted by molar-refractivity contribution is 6.06. The van der Waals surface area contributed by atoms with Gasteiger partial charge in [0.1, 0.15) is 0 Å². The Bertz CT molecular complexity index is 331. The summed E-state index contributed by atoms with van der Waals surface area (Å²) in [6.45, 7) is 2.13. The smallest absolute Gasteiger partial charge is 0.233 e. The average Bonchev–Trinajstić information content (AvgIpc) is 2.78. The van der Waals surface area contributed by atoms with Gasteiger partial charge in [-0.25, -0.2) is 0 Å². The largest absolute Gasteiger partial charge is 0.326 e. The zero-order valence-electron chi connectivity index (χ0n) is 9.56. The lowest BCUT2D eigenvalue weighted by Gasteiger charge is -2.16. The maximum atomic E-state index is 12.1. The van der Waals surface area contributed by atoms with Crippen molar-refractivity contribution in [1.29, 1.82) is 0 Å². The second kappa shape index (κ2) is 3.29. The van der Waals surface area contributed by atoms with Crippen LogP contribution in [0.25, 0.3) is 0 Å². The molecule has 0 radical (unpaired) electrons. The fraction of sp³-hybridized carbons (Fsp3) is 0.833. The van der Waals surface area contributed by atoms with Gasteiger partial charge in [-0.1, -0.05) is 13.3 Å². The van der Waals surface area contributed by atoms with Crippen LogP contribution in [0.2, 0.25) is 0 Å². The standard InChI is InChI=1S/C12H18N2O2/c1-2-6-3-7-8(4-6)12(16)14(11(7)15)10-5-9(10)13/h6-10H,2-5,13H2,1H3. The molecule has 1 heterocycles. The minimum atomic E-state index is -0.0229. The normalized spacial score (nSPS) is 46.4. The Balaban J connectivity index is 1.80. The third kappa shape index (κ3) is 1.25. The predicted octanol–water partition coefficient (Wildman–Crippen LogP) is 0.507. The van der Waals surface area contributed by atoms with E-state index in [2.05, 4.69) is 6.92 Å². The highest BCUT2D eigenvalue weighted by atomic mass is 16.2. The van der Waals surface area contributed by atoms with Crippen LogP contribution in [0.3, 0.4) is 0 Å². The molecule has 4 heteroatoms. The van der Waals surface area contributed by atoms with Gasteiger partial charge in [0.25, 0.3) is 0 Å². The van der Waals surface area contributed by atoms with Gasteiger partial charge in [-0.05, 0) is 25.2 Å². The Kier molecular flexibility index (Phi) is 2.11. The van der Waals surface area contributed by atoms with E-state index in [1.165, 1.54) is 4.90 Å². The molecule has 2 aliphatic carbocycles. The molecule has 3 rings (SSSR count). The first kappa shape index (κ1) is 10.3. The van der Waals surface area contributed by atoms with E-state index < -0.39 is 0 Å². The second-order valence-electron chi connectivity index (χ2n) is 5.47. The van der Waals surface area contributed by atoms with Gasteiger partial charge in [0.2, 0.25) is 11.8 Å². The van der Waals surface area contributed by atoms with Crippen LogP contribution in [0, 0.1) is 17.8 Å². The number of carbonyl (C=O) groups excluding carboxylic acids is 2. The van der Waals surface area contributed by atoms with E-state index in [-0.39, 0.29) is 35.7 Å². The van der Waals surface area contributed by atoms with Crippen LogP contribution < -0.4 is 5.73 Å². The number of fused-ring (bicyclic) bond motifs is 1. The van der Waals surface area contributed by atoms with Crippen LogP contribution >= 0.6 is 0 Å². The summed E-state index contributed by atoms with van der Waals surface area (Å²) in [7, 11) is 0. The molecule has 4 nitrogen and oxygen atoms in total. The van der Waals surface area contributed by atoms with Gasteiger partial charge in [0.15, 0.2) is 0 Å². The number of rotatable bonds is 2. The SMILES string of the molecule is CCC1CC2C(=O)N(C3CC3N)C(=O)C2C1. The molecule has 3 aliphatic rings. The third-order valence-electron chi connectivity index (χ3n) is 4.48. The Labute approximate surface area is 95.2 Å². The van der Waals surface area contributed by atoms with Crippen molar-refractivity contribution in [2.45, 2.75) is 44.7 Å². The average molecular weight is 222 g/mol. The second-order valence-corrected chi connectivity index (χ2v) is 5.47. The predicted molar refractivity (Wildman–Crippen MR) is 58.2 cm³/mol. The van der Waals surface area contributed by atoms with Crippen molar-refractivity contribution in [1.82, 2.24) is 4.90 Å². The van der Waals surface area contributed by atoms with Gasteiger partial charge >= 0.3 is 0 Å². The summed E-state index contributed by atoms with van der Waals surface area (Å²) in [6, 6.07) is 0.0550. The van der Waals surface area contributed by atoms with Crippen LogP contribution in [0.5, 0.6) is 0 Å². The molecule has 4 atom stereocenters. The minimum absolute atomic E-state index is 0.0191. The molecule has 0 aromatic carbocycles. The van der Waals surface area contributed by atoms with Crippen molar-refractivity contribution in [2.75, 3.05) is 0 Å². The Morgan fingerprint density at radius 1 is 1.19 bits per heavy atom. The molecule has 2 saturated carbocycles. The topological polar surface area (TPSA) is 63.4 Å². The molecule has 2 N–H and O–H groups in total. The lowest BCUT2D eigenvalue weighted by atomic mass is 10.00. The molecule has 0 spiro atoms. The number of imide groups is 1. The number of hydrogen-bond acceptors (Lipinski definition) is 3.